The third kappa shape index (κ3) is 4.29. The van der Waals surface area contributed by atoms with Crippen LogP contribution in [0.1, 0.15) is 56.2 Å². The minimum absolute atomic E-state index is 0.132. The van der Waals surface area contributed by atoms with Crippen molar-refractivity contribution < 1.29 is 4.79 Å². The van der Waals surface area contributed by atoms with Crippen LogP contribution >= 0.6 is 0 Å². The molecular weight excluding hydrogens is 370 g/mol. The predicted octanol–water partition coefficient (Wildman–Crippen LogP) is 4.65. The molecular formula is C26H35N3O. The normalized spacial score (nSPS) is 26.4. The van der Waals surface area contributed by atoms with Gasteiger partial charge in [-0.1, -0.05) is 36.4 Å². The van der Waals surface area contributed by atoms with Gasteiger partial charge < -0.3 is 4.90 Å². The number of benzene rings is 1. The lowest BCUT2D eigenvalue weighted by molar-refractivity contribution is -0.130. The summed E-state index contributed by atoms with van der Waals surface area (Å²) in [5, 5.41) is 0. The molecule has 1 aliphatic carbocycles. The number of nitrogens with zero attached hydrogens (tertiary/aromatic N) is 3. The molecule has 4 nitrogen and oxygen atoms in total. The van der Waals surface area contributed by atoms with Gasteiger partial charge in [0.25, 0.3) is 0 Å². The average molecular weight is 406 g/mol. The molecule has 2 fully saturated rings. The van der Waals surface area contributed by atoms with Crippen molar-refractivity contribution >= 4 is 5.91 Å². The van der Waals surface area contributed by atoms with E-state index in [2.05, 4.69) is 59.2 Å². The number of aromatic nitrogens is 1. The number of hydrogen-bond donors (Lipinski definition) is 0. The molecule has 1 aliphatic heterocycles. The molecule has 1 saturated heterocycles. The van der Waals surface area contributed by atoms with E-state index >= 15 is 0 Å². The number of carbonyl (C=O) groups excluding carboxylic acids is 1. The second-order valence-corrected chi connectivity index (χ2v) is 9.53. The number of hydrogen-bond acceptors (Lipinski definition) is 3. The zero-order valence-electron chi connectivity index (χ0n) is 18.5. The molecule has 1 aromatic heterocycles. The quantitative estimate of drug-likeness (QED) is 0.702. The van der Waals surface area contributed by atoms with Gasteiger partial charge in [-0.3, -0.25) is 14.7 Å². The van der Waals surface area contributed by atoms with Gasteiger partial charge in [0.15, 0.2) is 0 Å². The third-order valence-corrected chi connectivity index (χ3v) is 7.65. The van der Waals surface area contributed by atoms with Gasteiger partial charge in [-0.15, -0.1) is 0 Å². The van der Waals surface area contributed by atoms with E-state index in [-0.39, 0.29) is 5.54 Å². The number of likely N-dealkylation sites (tertiary alicyclic amines) is 1. The molecule has 1 amide bonds. The van der Waals surface area contributed by atoms with Crippen molar-refractivity contribution in [3.63, 3.8) is 0 Å². The highest BCUT2D eigenvalue weighted by Crippen LogP contribution is 2.51. The molecule has 0 unspecified atom stereocenters. The number of pyridine rings is 1. The van der Waals surface area contributed by atoms with Gasteiger partial charge in [0, 0.05) is 36.9 Å². The summed E-state index contributed by atoms with van der Waals surface area (Å²) in [5.74, 6) is 0.329. The number of aryl methyl sites for hydroxylation is 1. The highest BCUT2D eigenvalue weighted by molar-refractivity contribution is 5.76. The first-order chi connectivity index (χ1) is 14.5. The Hall–Kier alpha value is -2.20. The van der Waals surface area contributed by atoms with Crippen LogP contribution in [0.15, 0.2) is 54.7 Å². The highest BCUT2D eigenvalue weighted by atomic mass is 16.2. The first-order valence-corrected chi connectivity index (χ1v) is 11.4. The first kappa shape index (κ1) is 21.0. The zero-order valence-corrected chi connectivity index (χ0v) is 18.5. The Labute approximate surface area is 181 Å². The Morgan fingerprint density at radius 3 is 2.40 bits per heavy atom. The maximum atomic E-state index is 12.8. The van der Waals surface area contributed by atoms with E-state index in [9.17, 15) is 4.79 Å². The Bertz CT molecular complexity index is 826. The highest BCUT2D eigenvalue weighted by Gasteiger charge is 2.48. The lowest BCUT2D eigenvalue weighted by Gasteiger charge is -2.49. The van der Waals surface area contributed by atoms with Crippen LogP contribution in [0.3, 0.4) is 0 Å². The van der Waals surface area contributed by atoms with Crippen LogP contribution in [0, 0.1) is 5.41 Å². The summed E-state index contributed by atoms with van der Waals surface area (Å²) in [4.78, 5) is 21.7. The van der Waals surface area contributed by atoms with Crippen LogP contribution in [-0.4, -0.2) is 47.9 Å². The van der Waals surface area contributed by atoms with E-state index in [0.29, 0.717) is 17.7 Å². The minimum Gasteiger partial charge on any atom is -0.342 e. The van der Waals surface area contributed by atoms with Crippen molar-refractivity contribution in [2.75, 3.05) is 27.2 Å². The van der Waals surface area contributed by atoms with Crippen molar-refractivity contribution in [3.8, 4) is 0 Å². The Morgan fingerprint density at radius 1 is 1.00 bits per heavy atom. The van der Waals surface area contributed by atoms with Crippen molar-refractivity contribution in [2.45, 2.75) is 56.9 Å². The molecule has 1 spiro atoms. The van der Waals surface area contributed by atoms with Crippen LogP contribution in [0.5, 0.6) is 0 Å². The Kier molecular flexibility index (Phi) is 6.24. The van der Waals surface area contributed by atoms with Crippen molar-refractivity contribution in [1.29, 1.82) is 0 Å². The molecule has 160 valence electrons. The summed E-state index contributed by atoms with van der Waals surface area (Å²) in [5.41, 5.74) is 2.97. The molecule has 0 atom stereocenters. The number of amides is 1. The molecule has 30 heavy (non-hydrogen) atoms. The summed E-state index contributed by atoms with van der Waals surface area (Å²) in [7, 11) is 4.44. The summed E-state index contributed by atoms with van der Waals surface area (Å²) in [6.45, 7) is 1.89. The van der Waals surface area contributed by atoms with Crippen LogP contribution in [0.2, 0.25) is 0 Å². The first-order valence-electron chi connectivity index (χ1n) is 11.4. The van der Waals surface area contributed by atoms with Crippen LogP contribution in [-0.2, 0) is 16.8 Å². The van der Waals surface area contributed by atoms with Crippen molar-refractivity contribution in [1.82, 2.24) is 14.8 Å². The molecule has 0 N–H and O–H groups in total. The molecule has 2 aliphatic rings. The molecule has 2 aromatic rings. The SMILES string of the molecule is CN(C)[C@]1(c2ccccc2)CC[C@]2(CCN(C(=O)CCCc3ccccn3)C2)CC1. The lowest BCUT2D eigenvalue weighted by atomic mass is 9.64. The van der Waals surface area contributed by atoms with Crippen LogP contribution in [0.25, 0.3) is 0 Å². The van der Waals surface area contributed by atoms with E-state index in [1.165, 1.54) is 31.2 Å². The Morgan fingerprint density at radius 2 is 1.73 bits per heavy atom. The van der Waals surface area contributed by atoms with Gasteiger partial charge in [-0.05, 0) is 82.2 Å². The maximum Gasteiger partial charge on any atom is 0.222 e. The maximum absolute atomic E-state index is 12.8. The molecule has 2 heterocycles. The Balaban J connectivity index is 1.32. The summed E-state index contributed by atoms with van der Waals surface area (Å²) >= 11 is 0. The van der Waals surface area contributed by atoms with Gasteiger partial charge >= 0.3 is 0 Å². The molecule has 0 bridgehead atoms. The zero-order chi connectivity index (χ0) is 21.0. The molecule has 1 saturated carbocycles. The van der Waals surface area contributed by atoms with Gasteiger partial charge in [0.1, 0.15) is 0 Å². The minimum atomic E-state index is 0.132. The van der Waals surface area contributed by atoms with E-state index in [4.69, 9.17) is 0 Å². The van der Waals surface area contributed by atoms with E-state index in [0.717, 1.165) is 38.0 Å². The second-order valence-electron chi connectivity index (χ2n) is 9.53. The monoisotopic (exact) mass is 405 g/mol. The number of rotatable bonds is 6. The van der Waals surface area contributed by atoms with Gasteiger partial charge in [0.2, 0.25) is 5.91 Å². The average Bonchev–Trinajstić information content (AvgIpc) is 3.19. The predicted molar refractivity (Wildman–Crippen MR) is 121 cm³/mol. The van der Waals surface area contributed by atoms with Crippen molar-refractivity contribution in [2.24, 2.45) is 5.41 Å². The summed E-state index contributed by atoms with van der Waals surface area (Å²) in [6, 6.07) is 17.0. The van der Waals surface area contributed by atoms with Crippen LogP contribution < -0.4 is 0 Å². The molecule has 1 aromatic carbocycles. The fourth-order valence-electron chi connectivity index (χ4n) is 5.62. The third-order valence-electron chi connectivity index (χ3n) is 7.65. The molecule has 4 heteroatoms. The van der Waals surface area contributed by atoms with E-state index < -0.39 is 0 Å². The van der Waals surface area contributed by atoms with Gasteiger partial charge in [-0.25, -0.2) is 0 Å². The smallest absolute Gasteiger partial charge is 0.222 e. The van der Waals surface area contributed by atoms with Crippen molar-refractivity contribution in [3.05, 3.63) is 66.0 Å². The fourth-order valence-corrected chi connectivity index (χ4v) is 5.62. The lowest BCUT2D eigenvalue weighted by Crippen LogP contribution is -2.47. The number of carbonyl (C=O) groups is 1. The second kappa shape index (κ2) is 8.89. The molecule has 4 rings (SSSR count). The molecule has 0 radical (unpaired) electrons. The summed E-state index contributed by atoms with van der Waals surface area (Å²) in [6.07, 6.45) is 10.2. The topological polar surface area (TPSA) is 36.4 Å². The van der Waals surface area contributed by atoms with Crippen LogP contribution in [0.4, 0.5) is 0 Å². The largest absolute Gasteiger partial charge is 0.342 e. The fraction of sp³-hybridized carbons (Fsp3) is 0.538. The van der Waals surface area contributed by atoms with Gasteiger partial charge in [-0.2, -0.15) is 0 Å². The van der Waals surface area contributed by atoms with E-state index in [1.54, 1.807) is 0 Å². The van der Waals surface area contributed by atoms with Gasteiger partial charge in [0.05, 0.1) is 0 Å². The van der Waals surface area contributed by atoms with E-state index in [1.807, 2.05) is 24.4 Å². The standard InChI is InChI=1S/C26H35N3O/c1-28(2)26(22-9-4-3-5-10-22)16-14-25(15-17-26)18-20-29(21-25)24(30)13-8-12-23-11-6-7-19-27-23/h3-7,9-11,19H,8,12-18,20-21H2,1-2H3/t25-,26-. The summed E-state index contributed by atoms with van der Waals surface area (Å²) < 4.78 is 0.